The van der Waals surface area contributed by atoms with E-state index in [0.29, 0.717) is 16.6 Å². The van der Waals surface area contributed by atoms with Crippen LogP contribution in [-0.4, -0.2) is 4.98 Å². The van der Waals surface area contributed by atoms with Crippen molar-refractivity contribution in [3.8, 4) is 0 Å². The maximum Gasteiger partial charge on any atom is 0.0455 e. The van der Waals surface area contributed by atoms with Gasteiger partial charge >= 0.3 is 0 Å². The molecule has 0 aliphatic heterocycles. The molecule has 1 heterocycles. The van der Waals surface area contributed by atoms with Crippen LogP contribution >= 0.6 is 23.2 Å². The molecule has 1 aromatic heterocycles. The van der Waals surface area contributed by atoms with Gasteiger partial charge in [-0.1, -0.05) is 23.2 Å². The molecule has 0 unspecified atom stereocenters. The third-order valence-electron chi connectivity index (χ3n) is 2.97. The van der Waals surface area contributed by atoms with E-state index in [2.05, 4.69) is 28.5 Å². The molecule has 0 fully saturated rings. The zero-order valence-corrected chi connectivity index (χ0v) is 11.6. The largest absolute Gasteiger partial charge is 0.381 e. The van der Waals surface area contributed by atoms with E-state index < -0.39 is 0 Å². The summed E-state index contributed by atoms with van der Waals surface area (Å²) in [6.07, 6.45) is 1.94. The molecule has 0 aliphatic carbocycles. The molecule has 2 N–H and O–H groups in total. The van der Waals surface area contributed by atoms with Crippen molar-refractivity contribution in [1.82, 2.24) is 4.98 Å². The fourth-order valence-electron chi connectivity index (χ4n) is 2.08. The van der Waals surface area contributed by atoms with Crippen LogP contribution < -0.4 is 5.32 Å². The lowest BCUT2D eigenvalue weighted by Crippen LogP contribution is -1.99. The zero-order chi connectivity index (χ0) is 13.2. The number of benzene rings is 2. The fourth-order valence-corrected chi connectivity index (χ4v) is 2.65. The number of halogens is 2. The van der Waals surface area contributed by atoms with Gasteiger partial charge in [-0.3, -0.25) is 0 Å². The first-order chi connectivity index (χ1) is 9.20. The highest BCUT2D eigenvalue weighted by atomic mass is 35.5. The van der Waals surface area contributed by atoms with E-state index >= 15 is 0 Å². The summed E-state index contributed by atoms with van der Waals surface area (Å²) in [5, 5.41) is 5.87. The molecule has 0 saturated carbocycles. The average molecular weight is 291 g/mol. The van der Waals surface area contributed by atoms with Crippen LogP contribution in [0.25, 0.3) is 10.9 Å². The van der Waals surface area contributed by atoms with Gasteiger partial charge in [0.25, 0.3) is 0 Å². The molecule has 0 atom stereocenters. The number of fused-ring (bicyclic) bond motifs is 1. The minimum Gasteiger partial charge on any atom is -0.381 e. The van der Waals surface area contributed by atoms with Crippen LogP contribution in [0.1, 0.15) is 5.56 Å². The number of H-pyrrole nitrogens is 1. The summed E-state index contributed by atoms with van der Waals surface area (Å²) in [5.74, 6) is 0. The van der Waals surface area contributed by atoms with E-state index in [4.69, 9.17) is 23.2 Å². The topological polar surface area (TPSA) is 27.8 Å². The Hall–Kier alpha value is -1.64. The van der Waals surface area contributed by atoms with Gasteiger partial charge in [-0.15, -0.1) is 0 Å². The Morgan fingerprint density at radius 3 is 2.53 bits per heavy atom. The summed E-state index contributed by atoms with van der Waals surface area (Å²) in [5.41, 5.74) is 3.27. The summed E-state index contributed by atoms with van der Waals surface area (Å²) >= 11 is 12.0. The van der Waals surface area contributed by atoms with Gasteiger partial charge in [-0.25, -0.2) is 0 Å². The number of hydrogen-bond donors (Lipinski definition) is 2. The summed E-state index contributed by atoms with van der Waals surface area (Å²) in [6.45, 7) is 0.691. The Balaban J connectivity index is 1.77. The van der Waals surface area contributed by atoms with Crippen molar-refractivity contribution in [2.24, 2.45) is 0 Å². The van der Waals surface area contributed by atoms with Gasteiger partial charge in [0, 0.05) is 39.4 Å². The summed E-state index contributed by atoms with van der Waals surface area (Å²) < 4.78 is 0. The lowest BCUT2D eigenvalue weighted by molar-refractivity contribution is 1.15. The predicted molar refractivity (Wildman–Crippen MR) is 82.1 cm³/mol. The van der Waals surface area contributed by atoms with Crippen LogP contribution in [0.5, 0.6) is 0 Å². The quantitative estimate of drug-likeness (QED) is 0.691. The fraction of sp³-hybridized carbons (Fsp3) is 0.0667. The van der Waals surface area contributed by atoms with Gasteiger partial charge in [-0.05, 0) is 48.0 Å². The molecule has 4 heteroatoms. The second-order valence-electron chi connectivity index (χ2n) is 4.41. The summed E-state index contributed by atoms with van der Waals surface area (Å²) in [4.78, 5) is 3.17. The van der Waals surface area contributed by atoms with Gasteiger partial charge in [0.05, 0.1) is 0 Å². The van der Waals surface area contributed by atoms with E-state index in [9.17, 15) is 0 Å². The van der Waals surface area contributed by atoms with Gasteiger partial charge in [0.1, 0.15) is 0 Å². The molecule has 3 rings (SSSR count). The number of rotatable bonds is 3. The third kappa shape index (κ3) is 2.86. The first kappa shape index (κ1) is 12.4. The molecular weight excluding hydrogens is 279 g/mol. The Bertz CT molecular complexity index is 699. The molecule has 19 heavy (non-hydrogen) atoms. The van der Waals surface area contributed by atoms with Crippen LogP contribution in [0.3, 0.4) is 0 Å². The summed E-state index contributed by atoms with van der Waals surface area (Å²) in [7, 11) is 0. The molecule has 2 nitrogen and oxygen atoms in total. The lowest BCUT2D eigenvalue weighted by atomic mass is 10.2. The number of aromatic nitrogens is 1. The van der Waals surface area contributed by atoms with Crippen molar-refractivity contribution in [2.75, 3.05) is 5.32 Å². The molecule has 0 aliphatic rings. The third-order valence-corrected chi connectivity index (χ3v) is 3.41. The van der Waals surface area contributed by atoms with Crippen molar-refractivity contribution in [1.29, 1.82) is 0 Å². The predicted octanol–water partition coefficient (Wildman–Crippen LogP) is 5.09. The van der Waals surface area contributed by atoms with Crippen LogP contribution in [0, 0.1) is 0 Å². The maximum atomic E-state index is 5.98. The minimum absolute atomic E-state index is 0.658. The monoisotopic (exact) mass is 290 g/mol. The van der Waals surface area contributed by atoms with Crippen molar-refractivity contribution in [2.45, 2.75) is 6.54 Å². The summed E-state index contributed by atoms with van der Waals surface area (Å²) in [6, 6.07) is 13.8. The molecule has 0 amide bonds. The Morgan fingerprint density at radius 2 is 1.74 bits per heavy atom. The SMILES string of the molecule is Clc1cc(Cl)cc(CNc2ccc3[nH]ccc3c2)c1. The molecule has 0 saturated heterocycles. The highest BCUT2D eigenvalue weighted by Crippen LogP contribution is 2.21. The zero-order valence-electron chi connectivity index (χ0n) is 10.1. The molecule has 96 valence electrons. The van der Waals surface area contributed by atoms with Crippen LogP contribution in [0.2, 0.25) is 10.0 Å². The standard InChI is InChI=1S/C15H12Cl2N2/c16-12-5-10(6-13(17)8-12)9-19-14-1-2-15-11(7-14)3-4-18-15/h1-8,18-19H,9H2. The van der Waals surface area contributed by atoms with E-state index in [1.807, 2.05) is 24.4 Å². The molecular formula is C15H12Cl2N2. The minimum atomic E-state index is 0.658. The first-order valence-electron chi connectivity index (χ1n) is 5.97. The number of nitrogens with one attached hydrogen (secondary N) is 2. The first-order valence-corrected chi connectivity index (χ1v) is 6.72. The smallest absolute Gasteiger partial charge is 0.0455 e. The molecule has 2 aromatic carbocycles. The second kappa shape index (κ2) is 5.16. The van der Waals surface area contributed by atoms with Gasteiger partial charge in [-0.2, -0.15) is 0 Å². The van der Waals surface area contributed by atoms with Crippen LogP contribution in [0.4, 0.5) is 5.69 Å². The van der Waals surface area contributed by atoms with E-state index in [0.717, 1.165) is 16.8 Å². The van der Waals surface area contributed by atoms with Crippen molar-refractivity contribution >= 4 is 39.8 Å². The van der Waals surface area contributed by atoms with Crippen LogP contribution in [-0.2, 0) is 6.54 Å². The number of aromatic amines is 1. The van der Waals surface area contributed by atoms with E-state index in [1.165, 1.54) is 5.39 Å². The Morgan fingerprint density at radius 1 is 0.947 bits per heavy atom. The molecule has 0 radical (unpaired) electrons. The Kier molecular flexibility index (Phi) is 3.36. The maximum absolute atomic E-state index is 5.98. The average Bonchev–Trinajstić information content (AvgIpc) is 2.82. The second-order valence-corrected chi connectivity index (χ2v) is 5.28. The van der Waals surface area contributed by atoms with Crippen LogP contribution in [0.15, 0.2) is 48.7 Å². The highest BCUT2D eigenvalue weighted by Gasteiger charge is 2.00. The van der Waals surface area contributed by atoms with Crippen molar-refractivity contribution < 1.29 is 0 Å². The number of anilines is 1. The molecule has 3 aromatic rings. The normalized spacial score (nSPS) is 10.8. The van der Waals surface area contributed by atoms with Gasteiger partial charge in [0.2, 0.25) is 0 Å². The highest BCUT2D eigenvalue weighted by molar-refractivity contribution is 6.34. The van der Waals surface area contributed by atoms with Crippen molar-refractivity contribution in [3.05, 3.63) is 64.3 Å². The van der Waals surface area contributed by atoms with Crippen molar-refractivity contribution in [3.63, 3.8) is 0 Å². The molecule has 0 bridgehead atoms. The van der Waals surface area contributed by atoms with E-state index in [-0.39, 0.29) is 0 Å². The van der Waals surface area contributed by atoms with E-state index in [1.54, 1.807) is 6.07 Å². The Labute approximate surface area is 121 Å². The lowest BCUT2D eigenvalue weighted by Gasteiger charge is -2.07. The van der Waals surface area contributed by atoms with Gasteiger partial charge < -0.3 is 10.3 Å². The molecule has 0 spiro atoms. The number of hydrogen-bond acceptors (Lipinski definition) is 1. The van der Waals surface area contributed by atoms with Gasteiger partial charge in [0.15, 0.2) is 0 Å².